The molecule has 1 aliphatic carbocycles. The molecule has 0 unspecified atom stereocenters. The highest BCUT2D eigenvalue weighted by Gasteiger charge is 2.24. The van der Waals surface area contributed by atoms with Crippen LogP contribution in [0.15, 0.2) is 36.4 Å². The zero-order valence-electron chi connectivity index (χ0n) is 11.6. The maximum Gasteiger partial charge on any atom is 0.336 e. The van der Waals surface area contributed by atoms with Crippen molar-refractivity contribution in [2.24, 2.45) is 0 Å². The van der Waals surface area contributed by atoms with Gasteiger partial charge in [-0.15, -0.1) is 0 Å². The quantitative estimate of drug-likeness (QED) is 0.901. The van der Waals surface area contributed by atoms with Crippen molar-refractivity contribution in [1.82, 2.24) is 0 Å². The maximum atomic E-state index is 11.4. The van der Waals surface area contributed by atoms with Crippen LogP contribution in [0.4, 0.5) is 0 Å². The molecule has 3 nitrogen and oxygen atoms in total. The van der Waals surface area contributed by atoms with E-state index in [9.17, 15) is 9.90 Å². The lowest BCUT2D eigenvalue weighted by molar-refractivity contribution is 0.0697. The van der Waals surface area contributed by atoms with Crippen molar-refractivity contribution >= 4 is 17.6 Å². The van der Waals surface area contributed by atoms with E-state index < -0.39 is 5.97 Å². The zero-order chi connectivity index (χ0) is 15.0. The van der Waals surface area contributed by atoms with E-state index >= 15 is 0 Å². The molecule has 0 saturated heterocycles. The largest absolute Gasteiger partial charge is 0.489 e. The van der Waals surface area contributed by atoms with Crippen molar-refractivity contribution in [3.05, 3.63) is 52.5 Å². The van der Waals surface area contributed by atoms with Crippen LogP contribution in [0.5, 0.6) is 5.75 Å². The van der Waals surface area contributed by atoms with E-state index in [1.165, 1.54) is 0 Å². The van der Waals surface area contributed by atoms with Gasteiger partial charge in [-0.3, -0.25) is 0 Å². The molecule has 0 atom stereocenters. The molecule has 108 valence electrons. The molecule has 1 aliphatic rings. The number of aryl methyl sites for hydroxylation is 1. The van der Waals surface area contributed by atoms with Crippen LogP contribution >= 0.6 is 11.6 Å². The Balaban J connectivity index is 2.04. The standard InChI is InChI=1S/C17H15ClO3/c1-10-3-2-4-13(17(19)20)16(10)11-5-8-15(14(18)9-11)21-12-6-7-12/h2-5,8-9,12H,6-7H2,1H3,(H,19,20). The van der Waals surface area contributed by atoms with Gasteiger partial charge in [-0.05, 0) is 54.7 Å². The Morgan fingerprint density at radius 1 is 1.29 bits per heavy atom. The minimum Gasteiger partial charge on any atom is -0.489 e. The van der Waals surface area contributed by atoms with Crippen molar-refractivity contribution in [1.29, 1.82) is 0 Å². The Kier molecular flexibility index (Phi) is 3.60. The average Bonchev–Trinajstić information content (AvgIpc) is 3.25. The molecule has 0 bridgehead atoms. The number of carbonyl (C=O) groups is 1. The summed E-state index contributed by atoms with van der Waals surface area (Å²) in [4.78, 5) is 11.4. The van der Waals surface area contributed by atoms with E-state index in [-0.39, 0.29) is 11.7 Å². The summed E-state index contributed by atoms with van der Waals surface area (Å²) in [7, 11) is 0. The van der Waals surface area contributed by atoms with E-state index in [1.807, 2.05) is 25.1 Å². The van der Waals surface area contributed by atoms with Gasteiger partial charge in [-0.1, -0.05) is 29.8 Å². The molecule has 1 saturated carbocycles. The molecule has 4 heteroatoms. The maximum absolute atomic E-state index is 11.4. The van der Waals surface area contributed by atoms with Gasteiger partial charge in [0.1, 0.15) is 5.75 Å². The predicted octanol–water partition coefficient (Wildman–Crippen LogP) is 4.55. The minimum absolute atomic E-state index is 0.279. The lowest BCUT2D eigenvalue weighted by Crippen LogP contribution is -2.01. The van der Waals surface area contributed by atoms with Gasteiger partial charge in [0.25, 0.3) is 0 Å². The smallest absolute Gasteiger partial charge is 0.336 e. The monoisotopic (exact) mass is 302 g/mol. The predicted molar refractivity (Wildman–Crippen MR) is 82.2 cm³/mol. The van der Waals surface area contributed by atoms with E-state index in [2.05, 4.69) is 0 Å². The normalized spacial score (nSPS) is 14.0. The number of hydrogen-bond donors (Lipinski definition) is 1. The second-order valence-electron chi connectivity index (χ2n) is 5.27. The number of hydrogen-bond acceptors (Lipinski definition) is 2. The Hall–Kier alpha value is -2.00. The van der Waals surface area contributed by atoms with Crippen LogP contribution in [0.2, 0.25) is 5.02 Å². The summed E-state index contributed by atoms with van der Waals surface area (Å²) < 4.78 is 5.71. The topological polar surface area (TPSA) is 46.5 Å². The van der Waals surface area contributed by atoms with Crippen LogP contribution in [0.25, 0.3) is 11.1 Å². The molecule has 0 aliphatic heterocycles. The first-order valence-corrected chi connectivity index (χ1v) is 7.23. The third-order valence-electron chi connectivity index (χ3n) is 3.54. The van der Waals surface area contributed by atoms with Gasteiger partial charge in [-0.2, -0.15) is 0 Å². The molecule has 0 amide bonds. The average molecular weight is 303 g/mol. The lowest BCUT2D eigenvalue weighted by atomic mass is 9.95. The van der Waals surface area contributed by atoms with E-state index in [0.29, 0.717) is 16.3 Å². The van der Waals surface area contributed by atoms with Gasteiger partial charge >= 0.3 is 5.97 Å². The highest BCUT2D eigenvalue weighted by molar-refractivity contribution is 6.32. The van der Waals surface area contributed by atoms with E-state index in [1.54, 1.807) is 18.2 Å². The van der Waals surface area contributed by atoms with Crippen LogP contribution < -0.4 is 4.74 Å². The third-order valence-corrected chi connectivity index (χ3v) is 3.84. The first-order chi connectivity index (χ1) is 10.1. The van der Waals surface area contributed by atoms with Crippen LogP contribution in [-0.2, 0) is 0 Å². The molecule has 0 spiro atoms. The van der Waals surface area contributed by atoms with Crippen LogP contribution in [-0.4, -0.2) is 17.2 Å². The fraction of sp³-hybridized carbons (Fsp3) is 0.235. The number of carboxylic acid groups (broad SMARTS) is 1. The van der Waals surface area contributed by atoms with Crippen molar-refractivity contribution in [2.45, 2.75) is 25.9 Å². The molecule has 0 aromatic heterocycles. The minimum atomic E-state index is -0.942. The molecule has 21 heavy (non-hydrogen) atoms. The first-order valence-electron chi connectivity index (χ1n) is 6.86. The number of benzene rings is 2. The third kappa shape index (κ3) is 2.88. The lowest BCUT2D eigenvalue weighted by Gasteiger charge is -2.12. The number of carboxylic acids is 1. The Morgan fingerprint density at radius 3 is 2.67 bits per heavy atom. The van der Waals surface area contributed by atoms with E-state index in [0.717, 1.165) is 24.0 Å². The number of ether oxygens (including phenoxy) is 1. The highest BCUT2D eigenvalue weighted by Crippen LogP contribution is 2.36. The van der Waals surface area contributed by atoms with Crippen LogP contribution in [0.1, 0.15) is 28.8 Å². The fourth-order valence-electron chi connectivity index (χ4n) is 2.35. The summed E-state index contributed by atoms with van der Waals surface area (Å²) >= 11 is 6.26. The summed E-state index contributed by atoms with van der Waals surface area (Å²) in [6.07, 6.45) is 2.42. The van der Waals surface area contributed by atoms with Crippen LogP contribution in [0, 0.1) is 6.92 Å². The van der Waals surface area contributed by atoms with Crippen molar-refractivity contribution < 1.29 is 14.6 Å². The second-order valence-corrected chi connectivity index (χ2v) is 5.67. The van der Waals surface area contributed by atoms with E-state index in [4.69, 9.17) is 16.3 Å². The molecule has 1 fully saturated rings. The molecule has 2 aromatic rings. The summed E-state index contributed by atoms with van der Waals surface area (Å²) in [5.74, 6) is -0.281. The van der Waals surface area contributed by atoms with Crippen molar-refractivity contribution in [2.75, 3.05) is 0 Å². The SMILES string of the molecule is Cc1cccc(C(=O)O)c1-c1ccc(OC2CC2)c(Cl)c1. The summed E-state index contributed by atoms with van der Waals surface area (Å²) in [6.45, 7) is 1.89. The number of rotatable bonds is 4. The molecule has 3 rings (SSSR count). The summed E-state index contributed by atoms with van der Waals surface area (Å²) in [5, 5.41) is 9.86. The Morgan fingerprint density at radius 2 is 2.05 bits per heavy atom. The number of aromatic carboxylic acids is 1. The highest BCUT2D eigenvalue weighted by atomic mass is 35.5. The molecule has 0 heterocycles. The first kappa shape index (κ1) is 14.0. The van der Waals surface area contributed by atoms with Gasteiger partial charge in [0.15, 0.2) is 0 Å². The Bertz CT molecular complexity index is 705. The zero-order valence-corrected chi connectivity index (χ0v) is 12.4. The molecular formula is C17H15ClO3. The van der Waals surface area contributed by atoms with Gasteiger partial charge in [0, 0.05) is 0 Å². The van der Waals surface area contributed by atoms with Gasteiger partial charge in [0.05, 0.1) is 16.7 Å². The van der Waals surface area contributed by atoms with Crippen LogP contribution in [0.3, 0.4) is 0 Å². The second kappa shape index (κ2) is 5.41. The molecule has 1 N–H and O–H groups in total. The van der Waals surface area contributed by atoms with Gasteiger partial charge < -0.3 is 9.84 Å². The van der Waals surface area contributed by atoms with Gasteiger partial charge in [0.2, 0.25) is 0 Å². The van der Waals surface area contributed by atoms with Gasteiger partial charge in [-0.25, -0.2) is 4.79 Å². The summed E-state index contributed by atoms with van der Waals surface area (Å²) in [5.41, 5.74) is 2.67. The Labute approximate surface area is 128 Å². The molecular weight excluding hydrogens is 288 g/mol. The summed E-state index contributed by atoms with van der Waals surface area (Å²) in [6, 6.07) is 10.7. The van der Waals surface area contributed by atoms with Crippen molar-refractivity contribution in [3.63, 3.8) is 0 Å². The fourth-order valence-corrected chi connectivity index (χ4v) is 2.57. The molecule has 0 radical (unpaired) electrons. The molecule has 2 aromatic carbocycles. The number of halogens is 1. The van der Waals surface area contributed by atoms with Crippen molar-refractivity contribution in [3.8, 4) is 16.9 Å².